The van der Waals surface area contributed by atoms with Crippen LogP contribution in [0.15, 0.2) is 54.6 Å². The van der Waals surface area contributed by atoms with Crippen molar-refractivity contribution in [2.24, 2.45) is 0 Å². The van der Waals surface area contributed by atoms with E-state index >= 15 is 0 Å². The van der Waals surface area contributed by atoms with Crippen molar-refractivity contribution in [2.75, 3.05) is 6.54 Å². The van der Waals surface area contributed by atoms with Crippen LogP contribution in [0, 0.1) is 0 Å². The topological polar surface area (TPSA) is 38.3 Å². The van der Waals surface area contributed by atoms with Gasteiger partial charge in [0, 0.05) is 6.54 Å². The van der Waals surface area contributed by atoms with Gasteiger partial charge in [0.2, 0.25) is 0 Å². The molecule has 0 radical (unpaired) electrons. The van der Waals surface area contributed by atoms with Crippen LogP contribution < -0.4 is 10.1 Å². The summed E-state index contributed by atoms with van der Waals surface area (Å²) < 4.78 is 5.78. The molecule has 0 unspecified atom stereocenters. The fourth-order valence-corrected chi connectivity index (χ4v) is 1.83. The minimum Gasteiger partial charge on any atom is -0.457 e. The molecule has 0 aliphatic rings. The molecule has 0 spiro atoms. The second kappa shape index (κ2) is 7.34. The van der Waals surface area contributed by atoms with Crippen LogP contribution >= 0.6 is 0 Å². The van der Waals surface area contributed by atoms with Crippen molar-refractivity contribution in [1.82, 2.24) is 5.32 Å². The van der Waals surface area contributed by atoms with Gasteiger partial charge in [0.1, 0.15) is 11.5 Å². The maximum absolute atomic E-state index is 12.1. The van der Waals surface area contributed by atoms with Gasteiger partial charge in [0.05, 0.1) is 5.56 Å². The summed E-state index contributed by atoms with van der Waals surface area (Å²) in [5.74, 6) is 1.21. The van der Waals surface area contributed by atoms with Crippen molar-refractivity contribution in [3.63, 3.8) is 0 Å². The van der Waals surface area contributed by atoms with E-state index in [1.165, 1.54) is 0 Å². The van der Waals surface area contributed by atoms with Crippen LogP contribution in [0.3, 0.4) is 0 Å². The number of rotatable bonds is 6. The van der Waals surface area contributed by atoms with E-state index in [9.17, 15) is 4.79 Å². The van der Waals surface area contributed by atoms with Gasteiger partial charge in [-0.05, 0) is 30.7 Å². The van der Waals surface area contributed by atoms with Gasteiger partial charge in [-0.2, -0.15) is 0 Å². The van der Waals surface area contributed by atoms with E-state index in [0.717, 1.165) is 18.6 Å². The van der Waals surface area contributed by atoms with Crippen LogP contribution in [0.4, 0.5) is 0 Å². The van der Waals surface area contributed by atoms with Gasteiger partial charge in [-0.3, -0.25) is 4.79 Å². The van der Waals surface area contributed by atoms with E-state index in [1.54, 1.807) is 6.07 Å². The minimum atomic E-state index is -0.0926. The van der Waals surface area contributed by atoms with Gasteiger partial charge in [-0.1, -0.05) is 43.7 Å². The smallest absolute Gasteiger partial charge is 0.255 e. The molecule has 0 saturated carbocycles. The Morgan fingerprint density at radius 2 is 1.75 bits per heavy atom. The van der Waals surface area contributed by atoms with Gasteiger partial charge >= 0.3 is 0 Å². The van der Waals surface area contributed by atoms with Crippen molar-refractivity contribution in [2.45, 2.75) is 19.8 Å². The van der Waals surface area contributed by atoms with Gasteiger partial charge in [0.25, 0.3) is 5.91 Å². The molecule has 1 N–H and O–H groups in total. The molecule has 0 aliphatic heterocycles. The zero-order chi connectivity index (χ0) is 14.2. The second-order valence-corrected chi connectivity index (χ2v) is 4.52. The fourth-order valence-electron chi connectivity index (χ4n) is 1.83. The van der Waals surface area contributed by atoms with Gasteiger partial charge in [-0.25, -0.2) is 0 Å². The SMILES string of the molecule is CCCCNC(=O)c1ccccc1Oc1ccccc1. The van der Waals surface area contributed by atoms with E-state index in [4.69, 9.17) is 4.74 Å². The predicted molar refractivity (Wildman–Crippen MR) is 80.2 cm³/mol. The van der Waals surface area contributed by atoms with Crippen molar-refractivity contribution < 1.29 is 9.53 Å². The summed E-state index contributed by atoms with van der Waals surface area (Å²) in [6.45, 7) is 2.79. The number of ether oxygens (including phenoxy) is 1. The summed E-state index contributed by atoms with van der Waals surface area (Å²) in [5.41, 5.74) is 0.562. The van der Waals surface area contributed by atoms with E-state index < -0.39 is 0 Å². The Kier molecular flexibility index (Phi) is 5.18. The number of unbranched alkanes of at least 4 members (excludes halogenated alkanes) is 1. The largest absolute Gasteiger partial charge is 0.457 e. The van der Waals surface area contributed by atoms with Crippen LogP contribution in [-0.4, -0.2) is 12.5 Å². The van der Waals surface area contributed by atoms with E-state index in [0.29, 0.717) is 17.9 Å². The molecular weight excluding hydrogens is 250 g/mol. The van der Waals surface area contributed by atoms with Gasteiger partial charge < -0.3 is 10.1 Å². The summed E-state index contributed by atoms with van der Waals surface area (Å²) in [5, 5.41) is 2.91. The lowest BCUT2D eigenvalue weighted by Crippen LogP contribution is -2.24. The predicted octanol–water partition coefficient (Wildman–Crippen LogP) is 4.01. The van der Waals surface area contributed by atoms with Crippen LogP contribution in [0.5, 0.6) is 11.5 Å². The Morgan fingerprint density at radius 1 is 1.05 bits per heavy atom. The van der Waals surface area contributed by atoms with E-state index in [1.807, 2.05) is 48.5 Å². The van der Waals surface area contributed by atoms with Crippen LogP contribution in [0.25, 0.3) is 0 Å². The average molecular weight is 269 g/mol. The van der Waals surface area contributed by atoms with Gasteiger partial charge in [0.15, 0.2) is 0 Å². The molecule has 0 bridgehead atoms. The molecule has 1 amide bonds. The maximum Gasteiger partial charge on any atom is 0.255 e. The first kappa shape index (κ1) is 14.1. The first-order chi connectivity index (χ1) is 9.81. The number of hydrogen-bond donors (Lipinski definition) is 1. The highest BCUT2D eigenvalue weighted by molar-refractivity contribution is 5.96. The molecule has 104 valence electrons. The molecule has 20 heavy (non-hydrogen) atoms. The summed E-state index contributed by atoms with van der Waals surface area (Å²) in [6, 6.07) is 16.8. The molecule has 2 aromatic rings. The Balaban J connectivity index is 2.11. The third kappa shape index (κ3) is 3.85. The molecule has 2 rings (SSSR count). The molecule has 0 atom stereocenters. The third-order valence-corrected chi connectivity index (χ3v) is 2.92. The molecule has 0 aliphatic carbocycles. The van der Waals surface area contributed by atoms with Crippen LogP contribution in [0.2, 0.25) is 0 Å². The zero-order valence-electron chi connectivity index (χ0n) is 11.6. The summed E-state index contributed by atoms with van der Waals surface area (Å²) in [6.07, 6.45) is 2.04. The highest BCUT2D eigenvalue weighted by Crippen LogP contribution is 2.24. The molecule has 3 heteroatoms. The highest BCUT2D eigenvalue weighted by atomic mass is 16.5. The number of benzene rings is 2. The molecule has 2 aromatic carbocycles. The lowest BCUT2D eigenvalue weighted by molar-refractivity contribution is 0.0951. The second-order valence-electron chi connectivity index (χ2n) is 4.52. The van der Waals surface area contributed by atoms with Crippen LogP contribution in [0.1, 0.15) is 30.1 Å². The standard InChI is InChI=1S/C17H19NO2/c1-2-3-13-18-17(19)15-11-7-8-12-16(15)20-14-9-5-4-6-10-14/h4-12H,2-3,13H2,1H3,(H,18,19). The Bertz CT molecular complexity index is 552. The van der Waals surface area contributed by atoms with Crippen molar-refractivity contribution >= 4 is 5.91 Å². The number of nitrogens with one attached hydrogen (secondary N) is 1. The molecule has 0 fully saturated rings. The first-order valence-corrected chi connectivity index (χ1v) is 6.91. The Morgan fingerprint density at radius 3 is 2.50 bits per heavy atom. The lowest BCUT2D eigenvalue weighted by atomic mass is 10.2. The minimum absolute atomic E-state index is 0.0926. The molecule has 3 nitrogen and oxygen atoms in total. The fraction of sp³-hybridized carbons (Fsp3) is 0.235. The number of para-hydroxylation sites is 2. The monoisotopic (exact) mass is 269 g/mol. The lowest BCUT2D eigenvalue weighted by Gasteiger charge is -2.11. The third-order valence-electron chi connectivity index (χ3n) is 2.92. The van der Waals surface area contributed by atoms with Crippen molar-refractivity contribution in [3.8, 4) is 11.5 Å². The molecule has 0 aromatic heterocycles. The van der Waals surface area contributed by atoms with E-state index in [-0.39, 0.29) is 5.91 Å². The number of amides is 1. The summed E-state index contributed by atoms with van der Waals surface area (Å²) >= 11 is 0. The highest BCUT2D eigenvalue weighted by Gasteiger charge is 2.11. The average Bonchev–Trinajstić information content (AvgIpc) is 2.49. The normalized spacial score (nSPS) is 10.1. The molecule has 0 heterocycles. The van der Waals surface area contributed by atoms with E-state index in [2.05, 4.69) is 12.2 Å². The Hall–Kier alpha value is -2.29. The van der Waals surface area contributed by atoms with Gasteiger partial charge in [-0.15, -0.1) is 0 Å². The molecular formula is C17H19NO2. The van der Waals surface area contributed by atoms with Crippen LogP contribution in [-0.2, 0) is 0 Å². The number of hydrogen-bond acceptors (Lipinski definition) is 2. The first-order valence-electron chi connectivity index (χ1n) is 6.91. The summed E-state index contributed by atoms with van der Waals surface area (Å²) in [4.78, 5) is 12.1. The quantitative estimate of drug-likeness (QED) is 0.805. The van der Waals surface area contributed by atoms with Crippen molar-refractivity contribution in [1.29, 1.82) is 0 Å². The van der Waals surface area contributed by atoms with Crippen molar-refractivity contribution in [3.05, 3.63) is 60.2 Å². The molecule has 0 saturated heterocycles. The number of carbonyl (C=O) groups excluding carboxylic acids is 1. The number of carbonyl (C=O) groups is 1. The summed E-state index contributed by atoms with van der Waals surface area (Å²) in [7, 11) is 0. The maximum atomic E-state index is 12.1. The zero-order valence-corrected chi connectivity index (χ0v) is 11.6. The Labute approximate surface area is 119 Å².